The highest BCUT2D eigenvalue weighted by Gasteiger charge is 2.41. The lowest BCUT2D eigenvalue weighted by Gasteiger charge is -2.32. The van der Waals surface area contributed by atoms with E-state index in [0.29, 0.717) is 5.75 Å². The molecule has 5 aromatic rings. The van der Waals surface area contributed by atoms with Crippen molar-refractivity contribution in [1.82, 2.24) is 13.3 Å². The van der Waals surface area contributed by atoms with Crippen LogP contribution in [0.2, 0.25) is 5.02 Å². The Morgan fingerprint density at radius 2 is 1.66 bits per heavy atom. The minimum Gasteiger partial charge on any atom is -0.489 e. The molecule has 1 aliphatic heterocycles. The summed E-state index contributed by atoms with van der Waals surface area (Å²) in [5, 5.41) is 0.112. The number of rotatable bonds is 10. The van der Waals surface area contributed by atoms with Crippen LogP contribution in [-0.2, 0) is 29.5 Å². The average molecular weight is 696 g/mol. The smallest absolute Gasteiger partial charge is 0.357 e. The normalized spacial score (nSPS) is 15.8. The second-order valence-electron chi connectivity index (χ2n) is 10.6. The molecule has 0 amide bonds. The van der Waals surface area contributed by atoms with Crippen molar-refractivity contribution in [2.75, 3.05) is 32.9 Å². The van der Waals surface area contributed by atoms with Gasteiger partial charge >= 0.3 is 5.97 Å². The number of sulfonamides is 1. The summed E-state index contributed by atoms with van der Waals surface area (Å²) in [6, 6.07) is 23.0. The minimum absolute atomic E-state index is 0.00660. The summed E-state index contributed by atoms with van der Waals surface area (Å²) in [6.07, 6.45) is 2.59. The molecule has 0 unspecified atom stereocenters. The number of hydrogen-bond donors (Lipinski definition) is 0. The topological polar surface area (TPSA) is 134 Å². The van der Waals surface area contributed by atoms with Crippen molar-refractivity contribution in [3.63, 3.8) is 0 Å². The van der Waals surface area contributed by atoms with Crippen LogP contribution in [0.15, 0.2) is 107 Å². The van der Waals surface area contributed by atoms with Crippen LogP contribution in [0, 0.1) is 0 Å². The van der Waals surface area contributed by atoms with Crippen LogP contribution >= 0.6 is 11.6 Å². The van der Waals surface area contributed by atoms with E-state index in [0.717, 1.165) is 19.4 Å². The number of aromatic nitrogens is 2. The van der Waals surface area contributed by atoms with Gasteiger partial charge in [-0.3, -0.25) is 4.98 Å². The Morgan fingerprint density at radius 3 is 2.38 bits per heavy atom. The number of carbonyl (C=O) groups is 1. The van der Waals surface area contributed by atoms with Gasteiger partial charge in [-0.05, 0) is 48.9 Å². The number of morpholine rings is 1. The Bertz CT molecular complexity index is 2140. The lowest BCUT2D eigenvalue weighted by molar-refractivity contribution is -0.0249. The van der Waals surface area contributed by atoms with Crippen LogP contribution in [0.4, 0.5) is 0 Å². The molecule has 3 aromatic carbocycles. The molecular formula is C33H30ClN3O8S2. The van der Waals surface area contributed by atoms with Gasteiger partial charge in [-0.2, -0.15) is 4.31 Å². The number of esters is 1. The first-order chi connectivity index (χ1) is 22.6. The predicted octanol–water partition coefficient (Wildman–Crippen LogP) is 5.24. The third kappa shape index (κ3) is 6.49. The lowest BCUT2D eigenvalue weighted by atomic mass is 10.1. The van der Waals surface area contributed by atoms with E-state index >= 15 is 0 Å². The van der Waals surface area contributed by atoms with E-state index in [4.69, 9.17) is 25.8 Å². The van der Waals surface area contributed by atoms with Gasteiger partial charge in [0.2, 0.25) is 10.0 Å². The fourth-order valence-electron chi connectivity index (χ4n) is 5.41. The number of hydrogen-bond acceptors (Lipinski definition) is 9. The number of carbonyl (C=O) groups excluding carboxylic acids is 1. The van der Waals surface area contributed by atoms with Crippen molar-refractivity contribution in [3.05, 3.63) is 108 Å². The van der Waals surface area contributed by atoms with E-state index in [2.05, 4.69) is 4.98 Å². The molecule has 0 N–H and O–H groups in total. The molecule has 0 saturated carbocycles. The molecule has 0 radical (unpaired) electrons. The van der Waals surface area contributed by atoms with Crippen LogP contribution in [0.25, 0.3) is 22.0 Å². The maximum atomic E-state index is 14.5. The third-order valence-corrected chi connectivity index (χ3v) is 11.4. The quantitative estimate of drug-likeness (QED) is 0.180. The summed E-state index contributed by atoms with van der Waals surface area (Å²) in [5.41, 5.74) is 1.13. The van der Waals surface area contributed by atoms with Gasteiger partial charge < -0.3 is 14.2 Å². The molecule has 2 aromatic heterocycles. The zero-order valence-electron chi connectivity index (χ0n) is 25.2. The molecule has 1 fully saturated rings. The van der Waals surface area contributed by atoms with Crippen LogP contribution in [0.5, 0.6) is 5.75 Å². The molecule has 11 nitrogen and oxygen atoms in total. The van der Waals surface area contributed by atoms with Crippen LogP contribution in [0.1, 0.15) is 17.4 Å². The Labute approximate surface area is 277 Å². The van der Waals surface area contributed by atoms with Crippen molar-refractivity contribution in [2.24, 2.45) is 0 Å². The molecule has 0 aliphatic carbocycles. The molecule has 3 heterocycles. The fourth-order valence-corrected chi connectivity index (χ4v) is 8.97. The van der Waals surface area contributed by atoms with Gasteiger partial charge in [0, 0.05) is 35.3 Å². The number of nitrogens with zero attached hydrogens (tertiary/aromatic N) is 3. The lowest BCUT2D eigenvalue weighted by Crippen LogP contribution is -2.47. The third-order valence-electron chi connectivity index (χ3n) is 7.55. The van der Waals surface area contributed by atoms with Crippen molar-refractivity contribution < 1.29 is 35.8 Å². The monoisotopic (exact) mass is 695 g/mol. The molecule has 1 atom stereocenters. The molecule has 0 spiro atoms. The van der Waals surface area contributed by atoms with Gasteiger partial charge in [0.25, 0.3) is 10.0 Å². The maximum absolute atomic E-state index is 14.5. The van der Waals surface area contributed by atoms with Gasteiger partial charge in [-0.15, -0.1) is 0 Å². The standard InChI is InChI=1S/C33H30ClN3O8S2/c1-2-43-33(38)31-32(29-18-25(34)13-14-30(29)37(31)46(39,40)28-11-7-4-8-12-28)47(41,42)36-15-16-44-27(21-36)22-45-26-17-24(19-35-20-26)23-9-5-3-6-10-23/h3-14,17-20,27H,2,15-16,21-22H2,1H3/t27-/m0/s1. The number of halogens is 1. The van der Waals surface area contributed by atoms with Crippen LogP contribution in [0.3, 0.4) is 0 Å². The van der Waals surface area contributed by atoms with E-state index in [1.54, 1.807) is 25.4 Å². The van der Waals surface area contributed by atoms with E-state index in [1.165, 1.54) is 42.5 Å². The van der Waals surface area contributed by atoms with Crippen molar-refractivity contribution in [1.29, 1.82) is 0 Å². The summed E-state index contributed by atoms with van der Waals surface area (Å²) in [4.78, 5) is 17.1. The minimum atomic E-state index is -4.54. The number of benzene rings is 3. The molecule has 1 aliphatic rings. The Balaban J connectivity index is 1.37. The largest absolute Gasteiger partial charge is 0.489 e. The van der Waals surface area contributed by atoms with E-state index < -0.39 is 42.7 Å². The van der Waals surface area contributed by atoms with Gasteiger partial charge in [-0.1, -0.05) is 60.1 Å². The van der Waals surface area contributed by atoms with E-state index in [1.807, 2.05) is 36.4 Å². The number of fused-ring (bicyclic) bond motifs is 1. The second kappa shape index (κ2) is 13.5. The summed E-state index contributed by atoms with van der Waals surface area (Å²) in [6.45, 7) is 1.28. The molecular weight excluding hydrogens is 666 g/mol. The van der Waals surface area contributed by atoms with E-state index in [9.17, 15) is 21.6 Å². The molecule has 14 heteroatoms. The molecule has 1 saturated heterocycles. The maximum Gasteiger partial charge on any atom is 0.357 e. The summed E-state index contributed by atoms with van der Waals surface area (Å²) in [7, 11) is -9.02. The Kier molecular flexibility index (Phi) is 9.35. The predicted molar refractivity (Wildman–Crippen MR) is 176 cm³/mol. The van der Waals surface area contributed by atoms with Crippen LogP contribution < -0.4 is 4.74 Å². The molecule has 47 heavy (non-hydrogen) atoms. The summed E-state index contributed by atoms with van der Waals surface area (Å²) < 4.78 is 76.0. The molecule has 244 valence electrons. The van der Waals surface area contributed by atoms with Gasteiger partial charge in [0.1, 0.15) is 23.4 Å². The highest BCUT2D eigenvalue weighted by molar-refractivity contribution is 7.91. The van der Waals surface area contributed by atoms with Crippen molar-refractivity contribution in [2.45, 2.75) is 22.8 Å². The number of ether oxygens (including phenoxy) is 3. The second-order valence-corrected chi connectivity index (χ2v) is 14.7. The van der Waals surface area contributed by atoms with Gasteiger partial charge in [-0.25, -0.2) is 25.6 Å². The zero-order chi connectivity index (χ0) is 33.2. The molecule has 6 rings (SSSR count). The summed E-state index contributed by atoms with van der Waals surface area (Å²) in [5.74, 6) is -0.639. The highest BCUT2D eigenvalue weighted by atomic mass is 35.5. The summed E-state index contributed by atoms with van der Waals surface area (Å²) >= 11 is 6.31. The highest BCUT2D eigenvalue weighted by Crippen LogP contribution is 2.37. The molecule has 0 bridgehead atoms. The first-order valence-electron chi connectivity index (χ1n) is 14.7. The number of pyridine rings is 1. The van der Waals surface area contributed by atoms with Crippen LogP contribution in [-0.4, -0.2) is 75.1 Å². The first kappa shape index (κ1) is 32.7. The van der Waals surface area contributed by atoms with E-state index in [-0.39, 0.29) is 53.7 Å². The Morgan fingerprint density at radius 1 is 0.936 bits per heavy atom. The SMILES string of the molecule is CCOC(=O)c1c(S(=O)(=O)N2CCO[C@H](COc3cncc(-c4ccccc4)c3)C2)c2cc(Cl)ccc2n1S(=O)(=O)c1ccccc1. The van der Waals surface area contributed by atoms with Crippen molar-refractivity contribution in [3.8, 4) is 16.9 Å². The first-order valence-corrected chi connectivity index (χ1v) is 17.9. The zero-order valence-corrected chi connectivity index (χ0v) is 27.5. The van der Waals surface area contributed by atoms with Gasteiger partial charge in [0.15, 0.2) is 5.69 Å². The van der Waals surface area contributed by atoms with Crippen molar-refractivity contribution >= 4 is 48.5 Å². The van der Waals surface area contributed by atoms with Gasteiger partial charge in [0.05, 0.1) is 29.8 Å². The Hall–Kier alpha value is -4.27. The fraction of sp³-hybridized carbons (Fsp3) is 0.212. The average Bonchev–Trinajstić information content (AvgIpc) is 3.45.